The third-order valence-corrected chi connectivity index (χ3v) is 5.30. The molecular formula is C20H23N4P. The molecule has 1 atom stereocenters. The van der Waals surface area contributed by atoms with Crippen LogP contribution in [0.25, 0.3) is 0 Å². The van der Waals surface area contributed by atoms with Crippen molar-refractivity contribution in [2.24, 2.45) is 10.2 Å². The van der Waals surface area contributed by atoms with E-state index in [9.17, 15) is 0 Å². The van der Waals surface area contributed by atoms with Crippen molar-refractivity contribution in [1.29, 1.82) is 0 Å². The van der Waals surface area contributed by atoms with Gasteiger partial charge in [-0.25, -0.2) is 0 Å². The third kappa shape index (κ3) is 3.49. The van der Waals surface area contributed by atoms with Gasteiger partial charge in [0.2, 0.25) is 0 Å². The van der Waals surface area contributed by atoms with E-state index in [1.54, 1.807) is 6.21 Å². The molecule has 0 amide bonds. The summed E-state index contributed by atoms with van der Waals surface area (Å²) in [6.45, 7) is 9.45. The first-order valence-corrected chi connectivity index (χ1v) is 9.78. The van der Waals surface area contributed by atoms with Crippen LogP contribution in [-0.2, 0) is 0 Å². The molecule has 0 spiro atoms. The second-order valence-electron chi connectivity index (χ2n) is 5.82. The molecule has 0 aliphatic carbocycles. The van der Waals surface area contributed by atoms with Crippen molar-refractivity contribution in [2.45, 2.75) is 6.92 Å². The highest BCUT2D eigenvalue weighted by atomic mass is 31.1. The van der Waals surface area contributed by atoms with Crippen LogP contribution >= 0.6 is 8.73 Å². The maximum Gasteiger partial charge on any atom is 0.118 e. The van der Waals surface area contributed by atoms with Crippen LogP contribution in [-0.4, -0.2) is 32.2 Å². The Balaban J connectivity index is 1.82. The largest absolute Gasteiger partial charge is 0.375 e. The van der Waals surface area contributed by atoms with Gasteiger partial charge in [-0.2, -0.15) is 5.10 Å². The molecule has 0 aromatic heterocycles. The van der Waals surface area contributed by atoms with E-state index >= 15 is 0 Å². The maximum atomic E-state index is 4.45. The summed E-state index contributed by atoms with van der Waals surface area (Å²) in [5, 5.41) is 8.75. The quantitative estimate of drug-likeness (QED) is 0.451. The summed E-state index contributed by atoms with van der Waals surface area (Å²) in [7, 11) is 2.70. The van der Waals surface area contributed by atoms with Crippen molar-refractivity contribution < 1.29 is 0 Å². The molecule has 0 saturated carbocycles. The molecule has 25 heavy (non-hydrogen) atoms. The van der Waals surface area contributed by atoms with Gasteiger partial charge in [-0.05, 0) is 46.1 Å². The predicted octanol–water partition coefficient (Wildman–Crippen LogP) is 4.52. The molecule has 0 radical (unpaired) electrons. The van der Waals surface area contributed by atoms with Gasteiger partial charge in [-0.15, -0.1) is 5.10 Å². The molecule has 1 aliphatic heterocycles. The van der Waals surface area contributed by atoms with Crippen LogP contribution in [0.1, 0.15) is 18.1 Å². The molecule has 1 heterocycles. The summed E-state index contributed by atoms with van der Waals surface area (Å²) in [6.07, 6.45) is 1.79. The molecule has 0 N–H and O–H groups in total. The van der Waals surface area contributed by atoms with E-state index in [0.717, 1.165) is 34.8 Å². The Bertz CT molecular complexity index is 824. The lowest BCUT2D eigenvalue weighted by molar-refractivity contribution is 0.968. The minimum atomic E-state index is 0.615. The number of rotatable bonds is 5. The summed E-state index contributed by atoms with van der Waals surface area (Å²) in [5.41, 5.74) is 6.25. The summed E-state index contributed by atoms with van der Waals surface area (Å²) < 4.78 is 2.19. The smallest absolute Gasteiger partial charge is 0.118 e. The van der Waals surface area contributed by atoms with Crippen LogP contribution in [0, 0.1) is 0 Å². The average Bonchev–Trinajstić information content (AvgIpc) is 2.93. The fourth-order valence-corrected chi connectivity index (χ4v) is 3.61. The summed E-state index contributed by atoms with van der Waals surface area (Å²) >= 11 is 0. The van der Waals surface area contributed by atoms with Crippen molar-refractivity contribution in [3.8, 4) is 0 Å². The van der Waals surface area contributed by atoms with E-state index in [2.05, 4.69) is 83.4 Å². The molecule has 0 saturated heterocycles. The Hall–Kier alpha value is -2.45. The summed E-state index contributed by atoms with van der Waals surface area (Å²) in [5.74, 6) is 0. The monoisotopic (exact) mass is 350 g/mol. The topological polar surface area (TPSA) is 31.2 Å². The Labute approximate surface area is 151 Å². The van der Waals surface area contributed by atoms with Crippen molar-refractivity contribution in [3.05, 3.63) is 71.9 Å². The molecule has 1 aliphatic rings. The van der Waals surface area contributed by atoms with Gasteiger partial charge in [0.25, 0.3) is 0 Å². The highest BCUT2D eigenvalue weighted by Gasteiger charge is 2.27. The summed E-state index contributed by atoms with van der Waals surface area (Å²) in [4.78, 5) is 2.20. The Morgan fingerprint density at radius 2 is 1.88 bits per heavy atom. The molecule has 3 rings (SSSR count). The predicted molar refractivity (Wildman–Crippen MR) is 112 cm³/mol. The summed E-state index contributed by atoms with van der Waals surface area (Å²) in [6, 6.07) is 16.6. The van der Waals surface area contributed by atoms with Gasteiger partial charge in [-0.1, -0.05) is 36.9 Å². The zero-order chi connectivity index (χ0) is 17.8. The minimum absolute atomic E-state index is 0.615. The SMILES string of the molecule is C=C1/C(=N\N=C\c2ccc(N(C)CC)cc2)c2ccccc2N1PC. The third-order valence-electron chi connectivity index (χ3n) is 4.34. The minimum Gasteiger partial charge on any atom is -0.375 e. The van der Waals surface area contributed by atoms with Crippen LogP contribution in [0.5, 0.6) is 0 Å². The fraction of sp³-hybridized carbons (Fsp3) is 0.200. The lowest BCUT2D eigenvalue weighted by Gasteiger charge is -2.16. The van der Waals surface area contributed by atoms with Gasteiger partial charge in [0.05, 0.1) is 17.6 Å². The van der Waals surface area contributed by atoms with Gasteiger partial charge in [0.15, 0.2) is 0 Å². The first kappa shape index (κ1) is 17.4. The van der Waals surface area contributed by atoms with Crippen LogP contribution in [0.2, 0.25) is 0 Å². The normalized spacial score (nSPS) is 15.7. The number of nitrogens with zero attached hydrogens (tertiary/aromatic N) is 4. The van der Waals surface area contributed by atoms with E-state index in [1.165, 1.54) is 5.69 Å². The highest BCUT2D eigenvalue weighted by Crippen LogP contribution is 2.40. The standard InChI is InChI=1S/C20H23N4P/c1-5-23(3)17-12-10-16(11-13-17)14-21-22-20-15(2)24(25-4)19-9-7-6-8-18(19)20/h6-14,25H,2,5H2,1,3-4H3/b21-14+,22-20+. The van der Waals surface area contributed by atoms with E-state index in [4.69, 9.17) is 0 Å². The molecule has 2 aromatic rings. The highest BCUT2D eigenvalue weighted by molar-refractivity contribution is 7.39. The lowest BCUT2D eigenvalue weighted by atomic mass is 10.1. The van der Waals surface area contributed by atoms with E-state index in [-0.39, 0.29) is 0 Å². The second kappa shape index (κ2) is 7.62. The van der Waals surface area contributed by atoms with Gasteiger partial charge in [0.1, 0.15) is 5.71 Å². The first-order valence-electron chi connectivity index (χ1n) is 8.34. The number of benzene rings is 2. The number of anilines is 2. The van der Waals surface area contributed by atoms with E-state index in [0.29, 0.717) is 8.73 Å². The van der Waals surface area contributed by atoms with Crippen LogP contribution < -0.4 is 9.57 Å². The van der Waals surface area contributed by atoms with Crippen molar-refractivity contribution in [3.63, 3.8) is 0 Å². The van der Waals surface area contributed by atoms with E-state index in [1.807, 2.05) is 12.1 Å². The van der Waals surface area contributed by atoms with Gasteiger partial charge in [0, 0.05) is 24.8 Å². The maximum absolute atomic E-state index is 4.45. The van der Waals surface area contributed by atoms with Gasteiger partial charge >= 0.3 is 0 Å². The van der Waals surface area contributed by atoms with Crippen LogP contribution in [0.4, 0.5) is 11.4 Å². The van der Waals surface area contributed by atoms with E-state index < -0.39 is 0 Å². The second-order valence-corrected chi connectivity index (χ2v) is 6.72. The zero-order valence-electron chi connectivity index (χ0n) is 14.9. The Kier molecular flexibility index (Phi) is 5.30. The van der Waals surface area contributed by atoms with Crippen molar-refractivity contribution in [1.82, 2.24) is 0 Å². The number of para-hydroxylation sites is 1. The molecule has 128 valence electrons. The van der Waals surface area contributed by atoms with Crippen LogP contribution in [0.3, 0.4) is 0 Å². The van der Waals surface area contributed by atoms with Crippen molar-refractivity contribution >= 4 is 32.0 Å². The van der Waals surface area contributed by atoms with Gasteiger partial charge in [-0.3, -0.25) is 0 Å². The molecular weight excluding hydrogens is 327 g/mol. The first-order chi connectivity index (χ1) is 12.2. The molecule has 1 unspecified atom stereocenters. The van der Waals surface area contributed by atoms with Gasteiger partial charge < -0.3 is 9.57 Å². The number of fused-ring (bicyclic) bond motifs is 1. The lowest BCUT2D eigenvalue weighted by Crippen LogP contribution is -2.15. The number of allylic oxidation sites excluding steroid dienone is 1. The molecule has 4 nitrogen and oxygen atoms in total. The average molecular weight is 350 g/mol. The molecule has 0 bridgehead atoms. The van der Waals surface area contributed by atoms with Crippen molar-refractivity contribution in [2.75, 3.05) is 29.8 Å². The van der Waals surface area contributed by atoms with Crippen LogP contribution in [0.15, 0.2) is 71.0 Å². The number of hydrogen-bond donors (Lipinski definition) is 0. The number of hydrogen-bond acceptors (Lipinski definition) is 4. The zero-order valence-corrected chi connectivity index (χ0v) is 15.9. The molecule has 2 aromatic carbocycles. The Morgan fingerprint density at radius 3 is 2.56 bits per heavy atom. The molecule has 0 fully saturated rings. The molecule has 5 heteroatoms. The fourth-order valence-electron chi connectivity index (χ4n) is 2.79. The Morgan fingerprint density at radius 1 is 1.16 bits per heavy atom.